The number of hydrogen-bond donors (Lipinski definition) is 4. The molecule has 5 N–H and O–H groups in total. The van der Waals surface area contributed by atoms with E-state index in [2.05, 4.69) is 10.1 Å². The van der Waals surface area contributed by atoms with Crippen molar-refractivity contribution in [3.05, 3.63) is 59.7 Å². The van der Waals surface area contributed by atoms with Crippen molar-refractivity contribution in [2.75, 3.05) is 12.3 Å². The first kappa shape index (κ1) is 22.3. The maximum absolute atomic E-state index is 12.3. The Labute approximate surface area is 164 Å². The van der Waals surface area contributed by atoms with Gasteiger partial charge in [-0.25, -0.2) is 4.79 Å². The van der Waals surface area contributed by atoms with Crippen LogP contribution in [0.1, 0.15) is 23.7 Å². The van der Waals surface area contributed by atoms with Gasteiger partial charge < -0.3 is 30.7 Å². The number of nitrogen functional groups attached to an aromatic ring is 1. The van der Waals surface area contributed by atoms with Crippen molar-refractivity contribution >= 4 is 11.8 Å². The van der Waals surface area contributed by atoms with Crippen LogP contribution >= 0.6 is 0 Å². The number of amides is 1. The van der Waals surface area contributed by atoms with Crippen LogP contribution < -0.4 is 15.8 Å². The second-order valence-electron chi connectivity index (χ2n) is 6.13. The lowest BCUT2D eigenvalue weighted by molar-refractivity contribution is -0.274. The lowest BCUT2D eigenvalue weighted by Gasteiger charge is -2.19. The highest BCUT2D eigenvalue weighted by Gasteiger charge is 2.32. The number of halogens is 3. The van der Waals surface area contributed by atoms with Crippen LogP contribution in [0.5, 0.6) is 5.75 Å². The van der Waals surface area contributed by atoms with Crippen LogP contribution in [0, 0.1) is 0 Å². The number of benzene rings is 2. The fraction of sp³-hybridized carbons (Fsp3) is 0.316. The summed E-state index contributed by atoms with van der Waals surface area (Å²) >= 11 is 0. The normalized spacial score (nSPS) is 13.4. The van der Waals surface area contributed by atoms with Gasteiger partial charge in [-0.15, -0.1) is 13.2 Å². The van der Waals surface area contributed by atoms with Gasteiger partial charge >= 0.3 is 12.5 Å². The van der Waals surface area contributed by atoms with Crippen LogP contribution in [0.25, 0.3) is 0 Å². The minimum atomic E-state index is -4.89. The van der Waals surface area contributed by atoms with Crippen molar-refractivity contribution in [2.24, 2.45) is 0 Å². The zero-order chi connectivity index (χ0) is 21.4. The lowest BCUT2D eigenvalue weighted by atomic mass is 10.0. The Morgan fingerprint density at radius 3 is 2.45 bits per heavy atom. The molecule has 0 aliphatic carbocycles. The van der Waals surface area contributed by atoms with Crippen LogP contribution in [-0.4, -0.2) is 35.3 Å². The number of ether oxygens (including phenoxy) is 2. The van der Waals surface area contributed by atoms with Crippen molar-refractivity contribution in [3.8, 4) is 5.75 Å². The topological polar surface area (TPSA) is 114 Å². The molecule has 2 unspecified atom stereocenters. The van der Waals surface area contributed by atoms with Gasteiger partial charge in [-0.1, -0.05) is 36.4 Å². The molecule has 0 bridgehead atoms. The fourth-order valence-corrected chi connectivity index (χ4v) is 2.44. The van der Waals surface area contributed by atoms with Crippen LogP contribution in [0.15, 0.2) is 48.5 Å². The maximum atomic E-state index is 12.3. The second kappa shape index (κ2) is 9.99. The first-order valence-electron chi connectivity index (χ1n) is 8.61. The van der Waals surface area contributed by atoms with Crippen LogP contribution in [0.2, 0.25) is 0 Å². The molecule has 7 nitrogen and oxygen atoms in total. The number of nitrogens with two attached hydrogens (primary N) is 1. The minimum Gasteiger partial charge on any atom is -0.445 e. The number of nitrogens with one attached hydrogen (secondary N) is 1. The van der Waals surface area contributed by atoms with Gasteiger partial charge in [0.25, 0.3) is 0 Å². The third kappa shape index (κ3) is 7.51. The summed E-state index contributed by atoms with van der Waals surface area (Å²) < 4.78 is 45.5. The SMILES string of the molecule is Nc1cc(C(O)C(O)CCNC(=O)OCc2ccccc2)ccc1OC(F)(F)F. The van der Waals surface area contributed by atoms with Crippen LogP contribution in [-0.2, 0) is 11.3 Å². The van der Waals surface area contributed by atoms with E-state index in [1.165, 1.54) is 0 Å². The molecule has 2 atom stereocenters. The number of aliphatic hydroxyl groups is 2. The number of aliphatic hydroxyl groups excluding tert-OH is 2. The third-order valence-corrected chi connectivity index (χ3v) is 3.89. The summed E-state index contributed by atoms with van der Waals surface area (Å²) in [6.07, 6.45) is -8.32. The maximum Gasteiger partial charge on any atom is 0.573 e. The largest absolute Gasteiger partial charge is 0.573 e. The second-order valence-corrected chi connectivity index (χ2v) is 6.13. The molecule has 0 aromatic heterocycles. The van der Waals surface area contributed by atoms with Gasteiger partial charge in [0.05, 0.1) is 11.8 Å². The van der Waals surface area contributed by atoms with E-state index < -0.39 is 30.4 Å². The summed E-state index contributed by atoms with van der Waals surface area (Å²) in [6, 6.07) is 12.2. The number of rotatable bonds is 8. The number of carbonyl (C=O) groups excluding carboxylic acids is 1. The summed E-state index contributed by atoms with van der Waals surface area (Å²) in [7, 11) is 0. The van der Waals surface area contributed by atoms with E-state index >= 15 is 0 Å². The summed E-state index contributed by atoms with van der Waals surface area (Å²) in [5.74, 6) is -0.606. The molecule has 0 spiro atoms. The molecule has 29 heavy (non-hydrogen) atoms. The van der Waals surface area contributed by atoms with Crippen molar-refractivity contribution < 1.29 is 37.7 Å². The van der Waals surface area contributed by atoms with Crippen molar-refractivity contribution in [1.82, 2.24) is 5.32 Å². The van der Waals surface area contributed by atoms with Gasteiger partial charge in [0.2, 0.25) is 0 Å². The summed E-state index contributed by atoms with van der Waals surface area (Å²) in [5, 5.41) is 22.6. The Morgan fingerprint density at radius 2 is 1.83 bits per heavy atom. The summed E-state index contributed by atoms with van der Waals surface area (Å²) in [6.45, 7) is 0.0973. The molecule has 0 heterocycles. The van der Waals surface area contributed by atoms with Gasteiger partial charge in [-0.3, -0.25) is 0 Å². The molecule has 2 aromatic rings. The highest BCUT2D eigenvalue weighted by atomic mass is 19.4. The Morgan fingerprint density at radius 1 is 1.14 bits per heavy atom. The highest BCUT2D eigenvalue weighted by Crippen LogP contribution is 2.31. The monoisotopic (exact) mass is 414 g/mol. The molecular weight excluding hydrogens is 393 g/mol. The molecular formula is C19H21F3N2O5. The lowest BCUT2D eigenvalue weighted by Crippen LogP contribution is -2.29. The average molecular weight is 414 g/mol. The number of hydrogen-bond acceptors (Lipinski definition) is 6. The van der Waals surface area contributed by atoms with Gasteiger partial charge in [-0.2, -0.15) is 0 Å². The fourth-order valence-electron chi connectivity index (χ4n) is 2.44. The van der Waals surface area contributed by atoms with Crippen LogP contribution in [0.4, 0.5) is 23.7 Å². The smallest absolute Gasteiger partial charge is 0.445 e. The molecule has 10 heteroatoms. The quantitative estimate of drug-likeness (QED) is 0.494. The molecule has 0 saturated carbocycles. The van der Waals surface area contributed by atoms with Crippen molar-refractivity contribution in [1.29, 1.82) is 0 Å². The average Bonchev–Trinajstić information content (AvgIpc) is 2.67. The first-order chi connectivity index (χ1) is 13.7. The van der Waals surface area contributed by atoms with Crippen molar-refractivity contribution in [3.63, 3.8) is 0 Å². The predicted molar refractivity (Wildman–Crippen MR) is 97.8 cm³/mol. The molecule has 0 aliphatic rings. The van der Waals surface area contributed by atoms with E-state index in [0.717, 1.165) is 23.8 Å². The van der Waals surface area contributed by atoms with E-state index in [1.807, 2.05) is 18.2 Å². The number of anilines is 1. The molecule has 2 rings (SSSR count). The zero-order valence-electron chi connectivity index (χ0n) is 15.2. The standard InChI is InChI=1S/C19H21F3N2O5/c20-19(21,22)29-16-7-6-13(10-14(16)23)17(26)15(25)8-9-24-18(27)28-11-12-4-2-1-3-5-12/h1-7,10,15,17,25-26H,8-9,11,23H2,(H,24,27). The van der Waals surface area contributed by atoms with E-state index in [0.29, 0.717) is 0 Å². The first-order valence-corrected chi connectivity index (χ1v) is 8.61. The molecule has 2 aromatic carbocycles. The molecule has 1 amide bonds. The van der Waals surface area contributed by atoms with E-state index in [-0.39, 0.29) is 30.8 Å². The van der Waals surface area contributed by atoms with E-state index in [4.69, 9.17) is 10.5 Å². The Hall–Kier alpha value is -2.98. The Bertz CT molecular complexity index is 802. The minimum absolute atomic E-state index is 0.0105. The highest BCUT2D eigenvalue weighted by molar-refractivity contribution is 5.67. The van der Waals surface area contributed by atoms with Gasteiger partial charge in [0.1, 0.15) is 12.7 Å². The summed E-state index contributed by atoms with van der Waals surface area (Å²) in [5.41, 5.74) is 6.08. The van der Waals surface area contributed by atoms with Gasteiger partial charge in [-0.05, 0) is 29.7 Å². The van der Waals surface area contributed by atoms with E-state index in [1.54, 1.807) is 12.1 Å². The molecule has 0 radical (unpaired) electrons. The number of alkyl carbamates (subject to hydrolysis) is 1. The Balaban J connectivity index is 1.79. The van der Waals surface area contributed by atoms with E-state index in [9.17, 15) is 28.2 Å². The molecule has 0 aliphatic heterocycles. The van der Waals surface area contributed by atoms with Crippen molar-refractivity contribution in [2.45, 2.75) is 31.6 Å². The molecule has 158 valence electrons. The third-order valence-electron chi connectivity index (χ3n) is 3.89. The zero-order valence-corrected chi connectivity index (χ0v) is 15.2. The predicted octanol–water partition coefficient (Wildman–Crippen LogP) is 2.88. The number of carbonyl (C=O) groups is 1. The number of alkyl halides is 3. The molecule has 0 fully saturated rings. The van der Waals surface area contributed by atoms with Gasteiger partial charge in [0, 0.05) is 6.54 Å². The molecule has 0 saturated heterocycles. The Kier molecular flexibility index (Phi) is 7.68. The van der Waals surface area contributed by atoms with Gasteiger partial charge in [0.15, 0.2) is 5.75 Å². The summed E-state index contributed by atoms with van der Waals surface area (Å²) in [4.78, 5) is 11.6. The van der Waals surface area contributed by atoms with Crippen LogP contribution in [0.3, 0.4) is 0 Å².